The van der Waals surface area contributed by atoms with Gasteiger partial charge >= 0.3 is 0 Å². The summed E-state index contributed by atoms with van der Waals surface area (Å²) >= 11 is 5.25. The van der Waals surface area contributed by atoms with Crippen molar-refractivity contribution in [3.05, 3.63) is 33.9 Å². The van der Waals surface area contributed by atoms with E-state index in [1.54, 1.807) is 6.07 Å². The minimum atomic E-state index is -0.405. The largest absolute Gasteiger partial charge is 0.360 e. The minimum Gasteiger partial charge on any atom is -0.360 e. The number of rotatable bonds is 3. The Morgan fingerprint density at radius 1 is 1.42 bits per heavy atom. The van der Waals surface area contributed by atoms with Crippen LogP contribution in [0.15, 0.2) is 18.2 Å². The molecule has 1 aromatic rings. The SMILES string of the molecule is Cc1ccc([N+](=O)[O-])cc1NC(=S)NC1CCCC1. The number of nitro benzene ring substituents is 1. The van der Waals surface area contributed by atoms with E-state index in [0.717, 1.165) is 18.4 Å². The lowest BCUT2D eigenvalue weighted by molar-refractivity contribution is -0.384. The fraction of sp³-hybridized carbons (Fsp3) is 0.462. The third-order valence-electron chi connectivity index (χ3n) is 3.37. The van der Waals surface area contributed by atoms with Gasteiger partial charge < -0.3 is 10.6 Å². The van der Waals surface area contributed by atoms with Crippen molar-refractivity contribution < 1.29 is 4.92 Å². The van der Waals surface area contributed by atoms with Crippen LogP contribution in [0.1, 0.15) is 31.2 Å². The molecule has 6 heteroatoms. The second-order valence-corrected chi connectivity index (χ2v) is 5.24. The summed E-state index contributed by atoms with van der Waals surface area (Å²) < 4.78 is 0. The van der Waals surface area contributed by atoms with Crippen molar-refractivity contribution in [3.63, 3.8) is 0 Å². The third kappa shape index (κ3) is 3.64. The van der Waals surface area contributed by atoms with Crippen molar-refractivity contribution >= 4 is 28.7 Å². The molecule has 1 fully saturated rings. The Morgan fingerprint density at radius 2 is 2.11 bits per heavy atom. The van der Waals surface area contributed by atoms with Gasteiger partial charge in [0.25, 0.3) is 5.69 Å². The van der Waals surface area contributed by atoms with E-state index in [1.165, 1.54) is 25.0 Å². The average Bonchev–Trinajstić information content (AvgIpc) is 2.84. The van der Waals surface area contributed by atoms with Crippen LogP contribution in [0.2, 0.25) is 0 Å². The normalized spacial score (nSPS) is 15.2. The van der Waals surface area contributed by atoms with E-state index in [4.69, 9.17) is 12.2 Å². The van der Waals surface area contributed by atoms with Crippen molar-refractivity contribution in [3.8, 4) is 0 Å². The van der Waals surface area contributed by atoms with E-state index in [-0.39, 0.29) is 5.69 Å². The van der Waals surface area contributed by atoms with Gasteiger partial charge in [0.1, 0.15) is 0 Å². The highest BCUT2D eigenvalue weighted by Gasteiger charge is 2.16. The molecule has 0 unspecified atom stereocenters. The summed E-state index contributed by atoms with van der Waals surface area (Å²) in [6.07, 6.45) is 4.73. The van der Waals surface area contributed by atoms with Crippen LogP contribution in [0.3, 0.4) is 0 Å². The van der Waals surface area contributed by atoms with Gasteiger partial charge in [-0.25, -0.2) is 0 Å². The number of nitrogens with one attached hydrogen (secondary N) is 2. The molecule has 0 atom stereocenters. The first-order valence-electron chi connectivity index (χ1n) is 6.39. The smallest absolute Gasteiger partial charge is 0.271 e. The zero-order chi connectivity index (χ0) is 13.8. The third-order valence-corrected chi connectivity index (χ3v) is 3.59. The molecule has 0 aromatic heterocycles. The van der Waals surface area contributed by atoms with Crippen LogP contribution in [0.5, 0.6) is 0 Å². The van der Waals surface area contributed by atoms with Crippen molar-refractivity contribution in [2.45, 2.75) is 38.6 Å². The van der Waals surface area contributed by atoms with E-state index in [1.807, 2.05) is 6.92 Å². The Bertz CT molecular complexity index is 499. The Morgan fingerprint density at radius 3 is 2.74 bits per heavy atom. The van der Waals surface area contributed by atoms with Crippen molar-refractivity contribution in [1.82, 2.24) is 5.32 Å². The van der Waals surface area contributed by atoms with Crippen LogP contribution >= 0.6 is 12.2 Å². The van der Waals surface area contributed by atoms with Gasteiger partial charge in [-0.15, -0.1) is 0 Å². The maximum atomic E-state index is 10.8. The fourth-order valence-corrected chi connectivity index (χ4v) is 2.55. The summed E-state index contributed by atoms with van der Waals surface area (Å²) in [6, 6.07) is 5.16. The molecule has 2 rings (SSSR count). The summed E-state index contributed by atoms with van der Waals surface area (Å²) in [6.45, 7) is 1.89. The van der Waals surface area contributed by atoms with Crippen LogP contribution in [-0.4, -0.2) is 16.1 Å². The maximum Gasteiger partial charge on any atom is 0.271 e. The summed E-state index contributed by atoms with van der Waals surface area (Å²) in [5.41, 5.74) is 1.68. The van der Waals surface area contributed by atoms with Crippen LogP contribution in [0.25, 0.3) is 0 Å². The van der Waals surface area contributed by atoms with Gasteiger partial charge in [0, 0.05) is 23.9 Å². The lowest BCUT2D eigenvalue weighted by Gasteiger charge is -2.16. The molecule has 0 bridgehead atoms. The van der Waals surface area contributed by atoms with E-state index in [0.29, 0.717) is 16.8 Å². The molecule has 0 aliphatic heterocycles. The highest BCUT2D eigenvalue weighted by molar-refractivity contribution is 7.80. The highest BCUT2D eigenvalue weighted by Crippen LogP contribution is 2.22. The highest BCUT2D eigenvalue weighted by atomic mass is 32.1. The number of nitro groups is 1. The van der Waals surface area contributed by atoms with Crippen molar-refractivity contribution in [2.24, 2.45) is 0 Å². The molecule has 102 valence electrons. The number of non-ortho nitro benzene ring substituents is 1. The monoisotopic (exact) mass is 279 g/mol. The van der Waals surface area contributed by atoms with Gasteiger partial charge in [-0.05, 0) is 37.5 Å². The molecule has 0 radical (unpaired) electrons. The molecule has 1 aromatic carbocycles. The molecule has 0 spiro atoms. The van der Waals surface area contributed by atoms with Crippen molar-refractivity contribution in [1.29, 1.82) is 0 Å². The molecule has 1 aliphatic carbocycles. The van der Waals surface area contributed by atoms with E-state index in [2.05, 4.69) is 10.6 Å². The predicted octanol–water partition coefficient (Wildman–Crippen LogP) is 3.13. The van der Waals surface area contributed by atoms with Crippen LogP contribution < -0.4 is 10.6 Å². The van der Waals surface area contributed by atoms with Gasteiger partial charge in [0.2, 0.25) is 0 Å². The van der Waals surface area contributed by atoms with Crippen molar-refractivity contribution in [2.75, 3.05) is 5.32 Å². The predicted molar refractivity (Wildman–Crippen MR) is 79.4 cm³/mol. The number of nitrogens with zero attached hydrogens (tertiary/aromatic N) is 1. The Labute approximate surface area is 117 Å². The van der Waals surface area contributed by atoms with E-state index < -0.39 is 4.92 Å². The van der Waals surface area contributed by atoms with Gasteiger partial charge in [-0.2, -0.15) is 0 Å². The summed E-state index contributed by atoms with van der Waals surface area (Å²) in [5, 5.41) is 17.6. The van der Waals surface area contributed by atoms with E-state index in [9.17, 15) is 10.1 Å². The minimum absolute atomic E-state index is 0.0665. The summed E-state index contributed by atoms with van der Waals surface area (Å²) in [5.74, 6) is 0. The number of anilines is 1. The van der Waals surface area contributed by atoms with Crippen LogP contribution in [-0.2, 0) is 0 Å². The maximum absolute atomic E-state index is 10.8. The summed E-state index contributed by atoms with van der Waals surface area (Å²) in [7, 11) is 0. The number of hydrogen-bond acceptors (Lipinski definition) is 3. The number of thiocarbonyl (C=S) groups is 1. The number of benzene rings is 1. The Hall–Kier alpha value is -1.69. The van der Waals surface area contributed by atoms with Gasteiger partial charge in [0.05, 0.1) is 4.92 Å². The van der Waals surface area contributed by atoms with Gasteiger partial charge in [-0.1, -0.05) is 18.9 Å². The van der Waals surface area contributed by atoms with Crippen LogP contribution in [0.4, 0.5) is 11.4 Å². The molecule has 0 heterocycles. The summed E-state index contributed by atoms with van der Waals surface area (Å²) in [4.78, 5) is 10.4. The quantitative estimate of drug-likeness (QED) is 0.505. The zero-order valence-corrected chi connectivity index (χ0v) is 11.6. The molecular formula is C13H17N3O2S. The van der Waals surface area contributed by atoms with Gasteiger partial charge in [0.15, 0.2) is 5.11 Å². The molecular weight excluding hydrogens is 262 g/mol. The molecule has 2 N–H and O–H groups in total. The lowest BCUT2D eigenvalue weighted by Crippen LogP contribution is -2.36. The Balaban J connectivity index is 2.02. The molecule has 5 nitrogen and oxygen atoms in total. The van der Waals surface area contributed by atoms with Crippen LogP contribution in [0, 0.1) is 17.0 Å². The second kappa shape index (κ2) is 5.97. The standard InChI is InChI=1S/C13H17N3O2S/c1-9-6-7-11(16(17)18)8-12(9)15-13(19)14-10-4-2-3-5-10/h6-8,10H,2-5H2,1H3,(H2,14,15,19). The molecule has 1 saturated carbocycles. The molecule has 19 heavy (non-hydrogen) atoms. The van der Waals surface area contributed by atoms with E-state index >= 15 is 0 Å². The topological polar surface area (TPSA) is 67.2 Å². The fourth-order valence-electron chi connectivity index (χ4n) is 2.27. The molecule has 0 saturated heterocycles. The van der Waals surface area contributed by atoms with Gasteiger partial charge in [-0.3, -0.25) is 10.1 Å². The molecule has 1 aliphatic rings. The zero-order valence-electron chi connectivity index (χ0n) is 10.8. The number of aryl methyl sites for hydroxylation is 1. The Kier molecular flexibility index (Phi) is 4.31. The first-order chi connectivity index (χ1) is 9.06. The molecule has 0 amide bonds. The lowest BCUT2D eigenvalue weighted by atomic mass is 10.2. The average molecular weight is 279 g/mol. The first kappa shape index (κ1) is 13.7. The first-order valence-corrected chi connectivity index (χ1v) is 6.79. The second-order valence-electron chi connectivity index (χ2n) is 4.84. The number of hydrogen-bond donors (Lipinski definition) is 2.